The van der Waals surface area contributed by atoms with Gasteiger partial charge >= 0.3 is 5.97 Å². The van der Waals surface area contributed by atoms with E-state index >= 15 is 0 Å². The third-order valence-corrected chi connectivity index (χ3v) is 3.48. The lowest BCUT2D eigenvalue weighted by Crippen LogP contribution is -2.40. The van der Waals surface area contributed by atoms with Crippen LogP contribution in [0, 0.1) is 10.8 Å². The third-order valence-electron chi connectivity index (χ3n) is 3.48. The molecule has 0 spiro atoms. The van der Waals surface area contributed by atoms with Crippen LogP contribution in [0.5, 0.6) is 0 Å². The zero-order valence-corrected chi connectivity index (χ0v) is 10.8. The molecule has 94 valence electrons. The molecule has 1 atom stereocenters. The Morgan fingerprint density at radius 3 is 2.38 bits per heavy atom. The summed E-state index contributed by atoms with van der Waals surface area (Å²) in [6.45, 7) is 11.0. The molecule has 1 rings (SSSR count). The molecule has 1 aliphatic heterocycles. The SMILES string of the molecule is CC(C)(C)C(C)(C)C(=O)OCC1COCO1. The Morgan fingerprint density at radius 1 is 1.31 bits per heavy atom. The minimum Gasteiger partial charge on any atom is -0.462 e. The third kappa shape index (κ3) is 2.95. The van der Waals surface area contributed by atoms with Crippen molar-refractivity contribution in [2.75, 3.05) is 20.0 Å². The molecule has 0 aliphatic carbocycles. The molecule has 0 aromatic carbocycles. The normalized spacial score (nSPS) is 22.2. The molecule has 1 unspecified atom stereocenters. The van der Waals surface area contributed by atoms with Gasteiger partial charge in [-0.05, 0) is 19.3 Å². The Labute approximate surface area is 97.2 Å². The first kappa shape index (κ1) is 13.5. The number of esters is 1. The van der Waals surface area contributed by atoms with Crippen molar-refractivity contribution in [2.45, 2.75) is 40.7 Å². The van der Waals surface area contributed by atoms with Crippen LogP contribution in [0.25, 0.3) is 0 Å². The monoisotopic (exact) mass is 230 g/mol. The fraction of sp³-hybridized carbons (Fsp3) is 0.917. The molecule has 0 amide bonds. The Balaban J connectivity index is 2.45. The molecule has 1 fully saturated rings. The molecule has 1 saturated heterocycles. The standard InChI is InChI=1S/C12H22O4/c1-11(2,3)12(4,5)10(13)15-7-9-6-14-8-16-9/h9H,6-8H2,1-5H3. The summed E-state index contributed by atoms with van der Waals surface area (Å²) in [5.41, 5.74) is -0.635. The summed E-state index contributed by atoms with van der Waals surface area (Å²) < 4.78 is 15.5. The molecule has 0 N–H and O–H groups in total. The Morgan fingerprint density at radius 2 is 1.94 bits per heavy atom. The van der Waals surface area contributed by atoms with Crippen molar-refractivity contribution >= 4 is 5.97 Å². The molecule has 0 aromatic rings. The number of ether oxygens (including phenoxy) is 3. The van der Waals surface area contributed by atoms with Crippen molar-refractivity contribution in [1.82, 2.24) is 0 Å². The van der Waals surface area contributed by atoms with E-state index in [0.717, 1.165) is 0 Å². The average molecular weight is 230 g/mol. The fourth-order valence-electron chi connectivity index (χ4n) is 1.12. The predicted octanol–water partition coefficient (Wildman–Crippen LogP) is 1.97. The highest BCUT2D eigenvalue weighted by atomic mass is 16.7. The summed E-state index contributed by atoms with van der Waals surface area (Å²) in [6, 6.07) is 0. The minimum atomic E-state index is -0.507. The number of rotatable bonds is 3. The van der Waals surface area contributed by atoms with Crippen molar-refractivity contribution < 1.29 is 19.0 Å². The van der Waals surface area contributed by atoms with Gasteiger partial charge in [0.1, 0.15) is 19.5 Å². The maximum Gasteiger partial charge on any atom is 0.312 e. The van der Waals surface area contributed by atoms with Gasteiger partial charge in [0.25, 0.3) is 0 Å². The molecular formula is C12H22O4. The number of carbonyl (C=O) groups is 1. The van der Waals surface area contributed by atoms with Crippen molar-refractivity contribution in [3.05, 3.63) is 0 Å². The van der Waals surface area contributed by atoms with Crippen molar-refractivity contribution in [3.8, 4) is 0 Å². The van der Waals surface area contributed by atoms with Crippen LogP contribution in [0.1, 0.15) is 34.6 Å². The van der Waals surface area contributed by atoms with E-state index in [-0.39, 0.29) is 24.1 Å². The van der Waals surface area contributed by atoms with Gasteiger partial charge in [0.2, 0.25) is 0 Å². The molecule has 4 nitrogen and oxygen atoms in total. The summed E-state index contributed by atoms with van der Waals surface area (Å²) >= 11 is 0. The van der Waals surface area contributed by atoms with Gasteiger partial charge in [0.05, 0.1) is 12.0 Å². The van der Waals surface area contributed by atoms with Crippen LogP contribution in [0.2, 0.25) is 0 Å². The minimum absolute atomic E-state index is 0.111. The predicted molar refractivity (Wildman–Crippen MR) is 59.9 cm³/mol. The maximum absolute atomic E-state index is 11.9. The highest BCUT2D eigenvalue weighted by molar-refractivity contribution is 5.76. The molecule has 1 aliphatic rings. The molecule has 16 heavy (non-hydrogen) atoms. The van der Waals surface area contributed by atoms with Gasteiger partial charge in [-0.2, -0.15) is 0 Å². The van der Waals surface area contributed by atoms with Crippen LogP contribution >= 0.6 is 0 Å². The topological polar surface area (TPSA) is 44.8 Å². The van der Waals surface area contributed by atoms with Gasteiger partial charge in [-0.15, -0.1) is 0 Å². The van der Waals surface area contributed by atoms with Gasteiger partial charge in [-0.25, -0.2) is 0 Å². The van der Waals surface area contributed by atoms with E-state index in [1.165, 1.54) is 0 Å². The zero-order valence-electron chi connectivity index (χ0n) is 10.8. The average Bonchev–Trinajstić information content (AvgIpc) is 2.64. The zero-order chi connectivity index (χ0) is 12.4. The molecule has 4 heteroatoms. The van der Waals surface area contributed by atoms with Gasteiger partial charge in [0, 0.05) is 0 Å². The summed E-state index contributed by atoms with van der Waals surface area (Å²) in [6.07, 6.45) is -0.111. The first-order valence-electron chi connectivity index (χ1n) is 5.62. The van der Waals surface area contributed by atoms with Crippen LogP contribution < -0.4 is 0 Å². The van der Waals surface area contributed by atoms with E-state index in [1.54, 1.807) is 0 Å². The summed E-state index contributed by atoms with van der Waals surface area (Å²) in [5.74, 6) is -0.185. The van der Waals surface area contributed by atoms with Gasteiger partial charge < -0.3 is 14.2 Å². The van der Waals surface area contributed by atoms with Crippen LogP contribution in [-0.4, -0.2) is 32.1 Å². The second kappa shape index (κ2) is 4.72. The van der Waals surface area contributed by atoms with E-state index < -0.39 is 5.41 Å². The lowest BCUT2D eigenvalue weighted by atomic mass is 9.69. The quantitative estimate of drug-likeness (QED) is 0.695. The Bertz CT molecular complexity index is 246. The van der Waals surface area contributed by atoms with Crippen LogP contribution in [0.15, 0.2) is 0 Å². The van der Waals surface area contributed by atoms with E-state index in [1.807, 2.05) is 34.6 Å². The highest BCUT2D eigenvalue weighted by Crippen LogP contribution is 2.38. The van der Waals surface area contributed by atoms with Crippen LogP contribution in [0.4, 0.5) is 0 Å². The number of hydrogen-bond donors (Lipinski definition) is 0. The van der Waals surface area contributed by atoms with Crippen molar-refractivity contribution in [1.29, 1.82) is 0 Å². The summed E-state index contributed by atoms with van der Waals surface area (Å²) in [4.78, 5) is 11.9. The maximum atomic E-state index is 11.9. The van der Waals surface area contributed by atoms with Gasteiger partial charge in [-0.3, -0.25) is 4.79 Å². The first-order valence-corrected chi connectivity index (χ1v) is 5.62. The van der Waals surface area contributed by atoms with Crippen LogP contribution in [-0.2, 0) is 19.0 Å². The van der Waals surface area contributed by atoms with E-state index in [2.05, 4.69) is 0 Å². The molecular weight excluding hydrogens is 208 g/mol. The number of hydrogen-bond acceptors (Lipinski definition) is 4. The van der Waals surface area contributed by atoms with E-state index in [0.29, 0.717) is 13.4 Å². The number of carbonyl (C=O) groups excluding carboxylic acids is 1. The first-order chi connectivity index (χ1) is 7.25. The second-order valence-corrected chi connectivity index (χ2v) is 5.75. The summed E-state index contributed by atoms with van der Waals surface area (Å²) in [5, 5.41) is 0. The van der Waals surface area contributed by atoms with Crippen LogP contribution in [0.3, 0.4) is 0 Å². The smallest absolute Gasteiger partial charge is 0.312 e. The van der Waals surface area contributed by atoms with E-state index in [9.17, 15) is 4.79 Å². The molecule has 0 radical (unpaired) electrons. The largest absolute Gasteiger partial charge is 0.462 e. The van der Waals surface area contributed by atoms with Gasteiger partial charge in [-0.1, -0.05) is 20.8 Å². The molecule has 0 bridgehead atoms. The fourth-order valence-corrected chi connectivity index (χ4v) is 1.12. The molecule has 0 aromatic heterocycles. The lowest BCUT2D eigenvalue weighted by molar-refractivity contribution is -0.163. The lowest BCUT2D eigenvalue weighted by Gasteiger charge is -2.36. The van der Waals surface area contributed by atoms with Crippen molar-refractivity contribution in [2.24, 2.45) is 10.8 Å². The molecule has 0 saturated carbocycles. The van der Waals surface area contributed by atoms with E-state index in [4.69, 9.17) is 14.2 Å². The van der Waals surface area contributed by atoms with Crippen molar-refractivity contribution in [3.63, 3.8) is 0 Å². The Hall–Kier alpha value is -0.610. The van der Waals surface area contributed by atoms with Gasteiger partial charge in [0.15, 0.2) is 0 Å². The highest BCUT2D eigenvalue weighted by Gasteiger charge is 2.41. The summed E-state index contributed by atoms with van der Waals surface area (Å²) in [7, 11) is 0. The Kier molecular flexibility index (Phi) is 3.97. The molecule has 1 heterocycles. The second-order valence-electron chi connectivity index (χ2n) is 5.75.